The number of fused-ring (bicyclic) bond motifs is 1. The summed E-state index contributed by atoms with van der Waals surface area (Å²) in [6, 6.07) is 17.9. The first-order chi connectivity index (χ1) is 8.34. The third kappa shape index (κ3) is 1.80. The van der Waals surface area contributed by atoms with E-state index in [0.717, 1.165) is 16.7 Å². The number of ketones is 1. The average molecular weight is 220 g/mol. The minimum absolute atomic E-state index is 0.171. The molecule has 0 aliphatic heterocycles. The lowest BCUT2D eigenvalue weighted by atomic mass is 10.0. The van der Waals surface area contributed by atoms with Gasteiger partial charge in [-0.2, -0.15) is 0 Å². The van der Waals surface area contributed by atoms with Crippen LogP contribution in [0.5, 0.6) is 0 Å². The van der Waals surface area contributed by atoms with Gasteiger partial charge in [0.1, 0.15) is 0 Å². The molecule has 0 saturated heterocycles. The third-order valence-corrected chi connectivity index (χ3v) is 3.06. The summed E-state index contributed by atoms with van der Waals surface area (Å²) >= 11 is 0. The average Bonchev–Trinajstić information content (AvgIpc) is 2.68. The van der Waals surface area contributed by atoms with Gasteiger partial charge in [0.2, 0.25) is 0 Å². The molecule has 82 valence electrons. The molecule has 1 nitrogen and oxygen atoms in total. The van der Waals surface area contributed by atoms with Crippen LogP contribution in [0, 0.1) is 0 Å². The molecule has 0 N–H and O–H groups in total. The summed E-state index contributed by atoms with van der Waals surface area (Å²) in [7, 11) is 0. The van der Waals surface area contributed by atoms with Crippen LogP contribution in [0.3, 0.4) is 0 Å². The highest BCUT2D eigenvalue weighted by Gasteiger charge is 2.21. The SMILES string of the molecule is O=C1C(Cc2ccccc2)=Cc2ccccc21. The molecule has 0 aromatic heterocycles. The van der Waals surface area contributed by atoms with Gasteiger partial charge in [-0.05, 0) is 17.2 Å². The summed E-state index contributed by atoms with van der Waals surface area (Å²) < 4.78 is 0. The van der Waals surface area contributed by atoms with Crippen molar-refractivity contribution in [2.45, 2.75) is 6.42 Å². The topological polar surface area (TPSA) is 17.1 Å². The maximum absolute atomic E-state index is 12.1. The molecule has 0 spiro atoms. The highest BCUT2D eigenvalue weighted by atomic mass is 16.1. The van der Waals surface area contributed by atoms with Crippen LogP contribution < -0.4 is 0 Å². The molecule has 0 unspecified atom stereocenters. The van der Waals surface area contributed by atoms with Gasteiger partial charge in [0.25, 0.3) is 0 Å². The quantitative estimate of drug-likeness (QED) is 0.757. The fraction of sp³-hybridized carbons (Fsp3) is 0.0625. The van der Waals surface area contributed by atoms with Crippen molar-refractivity contribution < 1.29 is 4.79 Å². The van der Waals surface area contributed by atoms with E-state index in [1.165, 1.54) is 5.56 Å². The number of hydrogen-bond acceptors (Lipinski definition) is 1. The number of benzene rings is 2. The predicted octanol–water partition coefficient (Wildman–Crippen LogP) is 3.51. The first-order valence-corrected chi connectivity index (χ1v) is 5.73. The van der Waals surface area contributed by atoms with Gasteiger partial charge in [0.05, 0.1) is 0 Å². The van der Waals surface area contributed by atoms with E-state index in [1.807, 2.05) is 48.5 Å². The maximum atomic E-state index is 12.1. The molecule has 0 radical (unpaired) electrons. The number of carbonyl (C=O) groups is 1. The predicted molar refractivity (Wildman–Crippen MR) is 68.9 cm³/mol. The van der Waals surface area contributed by atoms with E-state index in [1.54, 1.807) is 0 Å². The Labute approximate surface area is 100 Å². The van der Waals surface area contributed by atoms with Gasteiger partial charge in [-0.1, -0.05) is 54.6 Å². The molecule has 1 aliphatic carbocycles. The van der Waals surface area contributed by atoms with Crippen LogP contribution in [-0.2, 0) is 6.42 Å². The van der Waals surface area contributed by atoms with E-state index in [-0.39, 0.29) is 5.78 Å². The fourth-order valence-electron chi connectivity index (χ4n) is 2.20. The molecular formula is C16H12O. The molecule has 0 fully saturated rings. The van der Waals surface area contributed by atoms with Gasteiger partial charge in [0, 0.05) is 17.6 Å². The van der Waals surface area contributed by atoms with Gasteiger partial charge in [-0.25, -0.2) is 0 Å². The number of allylic oxidation sites excluding steroid dienone is 1. The van der Waals surface area contributed by atoms with Crippen molar-refractivity contribution in [2.75, 3.05) is 0 Å². The molecule has 0 bridgehead atoms. The van der Waals surface area contributed by atoms with E-state index in [2.05, 4.69) is 12.1 Å². The van der Waals surface area contributed by atoms with E-state index >= 15 is 0 Å². The molecule has 3 rings (SSSR count). The molecular weight excluding hydrogens is 208 g/mol. The Hall–Kier alpha value is -2.15. The maximum Gasteiger partial charge on any atom is 0.189 e. The molecule has 0 heterocycles. The summed E-state index contributed by atoms with van der Waals surface area (Å²) in [6.07, 6.45) is 2.72. The Balaban J connectivity index is 1.91. The van der Waals surface area contributed by atoms with Gasteiger partial charge < -0.3 is 0 Å². The minimum Gasteiger partial charge on any atom is -0.289 e. The highest BCUT2D eigenvalue weighted by molar-refractivity contribution is 6.17. The van der Waals surface area contributed by atoms with Crippen molar-refractivity contribution in [1.82, 2.24) is 0 Å². The van der Waals surface area contributed by atoms with Crippen molar-refractivity contribution in [2.24, 2.45) is 0 Å². The van der Waals surface area contributed by atoms with Crippen LogP contribution >= 0.6 is 0 Å². The van der Waals surface area contributed by atoms with Crippen molar-refractivity contribution in [3.8, 4) is 0 Å². The minimum atomic E-state index is 0.171. The highest BCUT2D eigenvalue weighted by Crippen LogP contribution is 2.26. The second-order valence-corrected chi connectivity index (χ2v) is 4.25. The van der Waals surface area contributed by atoms with Crippen molar-refractivity contribution in [3.63, 3.8) is 0 Å². The summed E-state index contributed by atoms with van der Waals surface area (Å²) in [4.78, 5) is 12.1. The van der Waals surface area contributed by atoms with Crippen LogP contribution in [0.25, 0.3) is 6.08 Å². The molecule has 0 saturated carbocycles. The summed E-state index contributed by atoms with van der Waals surface area (Å²) in [5.41, 5.74) is 3.94. The lowest BCUT2D eigenvalue weighted by Crippen LogP contribution is -2.01. The molecule has 1 aliphatic rings. The first-order valence-electron chi connectivity index (χ1n) is 5.73. The summed E-state index contributed by atoms with van der Waals surface area (Å²) in [5.74, 6) is 0.171. The van der Waals surface area contributed by atoms with Crippen LogP contribution in [0.2, 0.25) is 0 Å². The van der Waals surface area contributed by atoms with Crippen molar-refractivity contribution in [1.29, 1.82) is 0 Å². The Morgan fingerprint density at radius 2 is 1.53 bits per heavy atom. The number of carbonyl (C=O) groups excluding carboxylic acids is 1. The Bertz CT molecular complexity index is 594. The number of rotatable bonds is 2. The number of hydrogen-bond donors (Lipinski definition) is 0. The standard InChI is InChI=1S/C16H12O/c17-16-14(10-12-6-2-1-3-7-12)11-13-8-4-5-9-15(13)16/h1-9,11H,10H2. The molecule has 2 aromatic rings. The smallest absolute Gasteiger partial charge is 0.189 e. The fourth-order valence-corrected chi connectivity index (χ4v) is 2.20. The van der Waals surface area contributed by atoms with Crippen molar-refractivity contribution in [3.05, 3.63) is 76.9 Å². The largest absolute Gasteiger partial charge is 0.289 e. The first kappa shape index (κ1) is 10.0. The van der Waals surface area contributed by atoms with Gasteiger partial charge in [-0.3, -0.25) is 4.79 Å². The molecule has 0 atom stereocenters. The zero-order valence-electron chi connectivity index (χ0n) is 9.39. The molecule has 0 amide bonds. The normalized spacial score (nSPS) is 13.4. The monoisotopic (exact) mass is 220 g/mol. The summed E-state index contributed by atoms with van der Waals surface area (Å²) in [5, 5.41) is 0. The third-order valence-electron chi connectivity index (χ3n) is 3.06. The summed E-state index contributed by atoms with van der Waals surface area (Å²) in [6.45, 7) is 0. The van der Waals surface area contributed by atoms with Crippen LogP contribution in [0.15, 0.2) is 60.2 Å². The zero-order chi connectivity index (χ0) is 11.7. The van der Waals surface area contributed by atoms with Gasteiger partial charge in [0.15, 0.2) is 5.78 Å². The molecule has 1 heteroatoms. The van der Waals surface area contributed by atoms with Gasteiger partial charge >= 0.3 is 0 Å². The van der Waals surface area contributed by atoms with Crippen LogP contribution in [-0.4, -0.2) is 5.78 Å². The Morgan fingerprint density at radius 3 is 2.29 bits per heavy atom. The van der Waals surface area contributed by atoms with E-state index in [0.29, 0.717) is 6.42 Å². The lowest BCUT2D eigenvalue weighted by Gasteiger charge is -2.01. The van der Waals surface area contributed by atoms with Crippen molar-refractivity contribution >= 4 is 11.9 Å². The van der Waals surface area contributed by atoms with E-state index < -0.39 is 0 Å². The van der Waals surface area contributed by atoms with Gasteiger partial charge in [-0.15, -0.1) is 0 Å². The lowest BCUT2D eigenvalue weighted by molar-refractivity contribution is 0.103. The zero-order valence-corrected chi connectivity index (χ0v) is 9.39. The van der Waals surface area contributed by atoms with Crippen LogP contribution in [0.1, 0.15) is 21.5 Å². The number of Topliss-reactive ketones (excluding diaryl/α,β-unsaturated/α-hetero) is 1. The second kappa shape index (κ2) is 4.02. The van der Waals surface area contributed by atoms with Crippen LogP contribution in [0.4, 0.5) is 0 Å². The Kier molecular flexibility index (Phi) is 2.37. The molecule has 2 aromatic carbocycles. The van der Waals surface area contributed by atoms with E-state index in [9.17, 15) is 4.79 Å². The molecule has 17 heavy (non-hydrogen) atoms. The second-order valence-electron chi connectivity index (χ2n) is 4.25. The van der Waals surface area contributed by atoms with E-state index in [4.69, 9.17) is 0 Å². The Morgan fingerprint density at radius 1 is 0.824 bits per heavy atom.